The van der Waals surface area contributed by atoms with Crippen LogP contribution in [0.3, 0.4) is 0 Å². The highest BCUT2D eigenvalue weighted by Gasteiger charge is 2.41. The predicted octanol–water partition coefficient (Wildman–Crippen LogP) is 1.94. The third-order valence-corrected chi connectivity index (χ3v) is 3.65. The molecule has 104 valence electrons. The monoisotopic (exact) mass is 254 g/mol. The van der Waals surface area contributed by atoms with Crippen molar-refractivity contribution >= 4 is 11.8 Å². The Labute approximate surface area is 110 Å². The standard InChI is InChI=1S/C14H26N2O2/c1-6-11(7-2)16-12(8-9(3)4)13(17)15-10(5)14(16)18/h9-12H,6-8H2,1-5H3,(H,15,17). The molecule has 0 aromatic rings. The van der Waals surface area contributed by atoms with Crippen molar-refractivity contribution < 1.29 is 9.59 Å². The molecular weight excluding hydrogens is 228 g/mol. The lowest BCUT2D eigenvalue weighted by atomic mass is 9.95. The fourth-order valence-electron chi connectivity index (χ4n) is 2.66. The lowest BCUT2D eigenvalue weighted by Gasteiger charge is -2.43. The Kier molecular flexibility index (Phi) is 5.17. The van der Waals surface area contributed by atoms with Gasteiger partial charge in [0.1, 0.15) is 12.1 Å². The number of carbonyl (C=O) groups is 2. The van der Waals surface area contributed by atoms with Crippen molar-refractivity contribution in [2.45, 2.75) is 72.0 Å². The second kappa shape index (κ2) is 6.21. The number of carbonyl (C=O) groups excluding carboxylic acids is 2. The van der Waals surface area contributed by atoms with Crippen molar-refractivity contribution in [2.24, 2.45) is 5.92 Å². The van der Waals surface area contributed by atoms with Crippen molar-refractivity contribution in [1.82, 2.24) is 10.2 Å². The number of nitrogens with zero attached hydrogens (tertiary/aromatic N) is 1. The molecule has 4 nitrogen and oxygen atoms in total. The molecule has 1 aliphatic rings. The van der Waals surface area contributed by atoms with Gasteiger partial charge in [-0.15, -0.1) is 0 Å². The summed E-state index contributed by atoms with van der Waals surface area (Å²) in [6.45, 7) is 10.1. The van der Waals surface area contributed by atoms with Crippen LogP contribution in [0, 0.1) is 5.92 Å². The van der Waals surface area contributed by atoms with E-state index in [4.69, 9.17) is 0 Å². The number of piperazine rings is 1. The molecule has 1 rings (SSSR count). The molecule has 1 N–H and O–H groups in total. The molecule has 2 unspecified atom stereocenters. The molecule has 2 atom stereocenters. The second-order valence-corrected chi connectivity index (χ2v) is 5.59. The Morgan fingerprint density at radius 2 is 1.78 bits per heavy atom. The van der Waals surface area contributed by atoms with Crippen molar-refractivity contribution in [1.29, 1.82) is 0 Å². The first-order chi connectivity index (χ1) is 8.42. The molecule has 1 fully saturated rings. The van der Waals surface area contributed by atoms with Crippen LogP contribution in [0.2, 0.25) is 0 Å². The molecule has 0 spiro atoms. The van der Waals surface area contributed by atoms with Gasteiger partial charge in [0.2, 0.25) is 11.8 Å². The SMILES string of the molecule is CCC(CC)N1C(=O)C(C)NC(=O)C1CC(C)C. The summed E-state index contributed by atoms with van der Waals surface area (Å²) in [6, 6.07) is -0.505. The molecule has 1 aliphatic heterocycles. The largest absolute Gasteiger partial charge is 0.343 e. The summed E-state index contributed by atoms with van der Waals surface area (Å²) in [4.78, 5) is 26.3. The third kappa shape index (κ3) is 3.03. The topological polar surface area (TPSA) is 49.4 Å². The highest BCUT2D eigenvalue weighted by molar-refractivity contribution is 5.96. The summed E-state index contributed by atoms with van der Waals surface area (Å²) in [5.74, 6) is 0.468. The molecule has 1 saturated heterocycles. The van der Waals surface area contributed by atoms with Crippen molar-refractivity contribution in [2.75, 3.05) is 0 Å². The van der Waals surface area contributed by atoms with Crippen molar-refractivity contribution in [3.05, 3.63) is 0 Å². The summed E-state index contributed by atoms with van der Waals surface area (Å²) in [5.41, 5.74) is 0. The van der Waals surface area contributed by atoms with E-state index in [1.807, 2.05) is 4.90 Å². The van der Waals surface area contributed by atoms with Gasteiger partial charge in [-0.2, -0.15) is 0 Å². The normalized spacial score (nSPS) is 24.9. The fourth-order valence-corrected chi connectivity index (χ4v) is 2.66. The van der Waals surface area contributed by atoms with Crippen LogP contribution in [0.5, 0.6) is 0 Å². The number of rotatable bonds is 5. The first-order valence-corrected chi connectivity index (χ1v) is 7.04. The van der Waals surface area contributed by atoms with Crippen LogP contribution in [0.15, 0.2) is 0 Å². The van der Waals surface area contributed by atoms with E-state index >= 15 is 0 Å². The predicted molar refractivity (Wildman–Crippen MR) is 72.1 cm³/mol. The van der Waals surface area contributed by atoms with Crippen LogP contribution in [0.4, 0.5) is 0 Å². The molecule has 0 radical (unpaired) electrons. The minimum Gasteiger partial charge on any atom is -0.343 e. The van der Waals surface area contributed by atoms with Gasteiger partial charge < -0.3 is 10.2 Å². The van der Waals surface area contributed by atoms with Gasteiger partial charge in [-0.25, -0.2) is 0 Å². The van der Waals surface area contributed by atoms with Gasteiger partial charge in [0.25, 0.3) is 0 Å². The third-order valence-electron chi connectivity index (χ3n) is 3.65. The average molecular weight is 254 g/mol. The van der Waals surface area contributed by atoms with Gasteiger partial charge in [-0.3, -0.25) is 9.59 Å². The number of hydrogen-bond acceptors (Lipinski definition) is 2. The molecule has 2 amide bonds. The molecule has 1 heterocycles. The zero-order chi connectivity index (χ0) is 13.9. The van der Waals surface area contributed by atoms with E-state index in [0.717, 1.165) is 19.3 Å². The maximum absolute atomic E-state index is 12.3. The molecule has 0 aromatic carbocycles. The van der Waals surface area contributed by atoms with Gasteiger partial charge in [-0.1, -0.05) is 27.7 Å². The van der Waals surface area contributed by atoms with Crippen LogP contribution >= 0.6 is 0 Å². The van der Waals surface area contributed by atoms with Gasteiger partial charge in [0.05, 0.1) is 0 Å². The van der Waals surface area contributed by atoms with E-state index in [2.05, 4.69) is 33.0 Å². The first-order valence-electron chi connectivity index (χ1n) is 7.04. The Hall–Kier alpha value is -1.06. The zero-order valence-electron chi connectivity index (χ0n) is 12.2. The van der Waals surface area contributed by atoms with E-state index in [0.29, 0.717) is 5.92 Å². The lowest BCUT2D eigenvalue weighted by molar-refractivity contribution is -0.152. The van der Waals surface area contributed by atoms with E-state index < -0.39 is 0 Å². The summed E-state index contributed by atoms with van der Waals surface area (Å²) in [5, 5.41) is 2.79. The quantitative estimate of drug-likeness (QED) is 0.815. The number of nitrogens with one attached hydrogen (secondary N) is 1. The smallest absolute Gasteiger partial charge is 0.245 e. The Balaban J connectivity index is 3.00. The molecule has 0 aromatic heterocycles. The minimum atomic E-state index is -0.387. The maximum Gasteiger partial charge on any atom is 0.245 e. The van der Waals surface area contributed by atoms with Gasteiger partial charge in [0, 0.05) is 6.04 Å². The second-order valence-electron chi connectivity index (χ2n) is 5.59. The highest BCUT2D eigenvalue weighted by atomic mass is 16.2. The van der Waals surface area contributed by atoms with E-state index in [1.54, 1.807) is 6.92 Å². The van der Waals surface area contributed by atoms with Crippen molar-refractivity contribution in [3.63, 3.8) is 0 Å². The van der Waals surface area contributed by atoms with Gasteiger partial charge >= 0.3 is 0 Å². The summed E-state index contributed by atoms with van der Waals surface area (Å²) < 4.78 is 0. The van der Waals surface area contributed by atoms with Crippen LogP contribution in [-0.4, -0.2) is 34.8 Å². The van der Waals surface area contributed by atoms with E-state index in [-0.39, 0.29) is 29.9 Å². The molecule has 18 heavy (non-hydrogen) atoms. The summed E-state index contributed by atoms with van der Waals surface area (Å²) >= 11 is 0. The zero-order valence-corrected chi connectivity index (χ0v) is 12.2. The molecule has 0 aliphatic carbocycles. The van der Waals surface area contributed by atoms with Crippen LogP contribution in [-0.2, 0) is 9.59 Å². The lowest BCUT2D eigenvalue weighted by Crippen LogP contribution is -2.65. The minimum absolute atomic E-state index is 0.00250. The number of hydrogen-bond donors (Lipinski definition) is 1. The van der Waals surface area contributed by atoms with Gasteiger partial charge in [-0.05, 0) is 32.1 Å². The van der Waals surface area contributed by atoms with Crippen molar-refractivity contribution in [3.8, 4) is 0 Å². The average Bonchev–Trinajstić information content (AvgIpc) is 2.30. The Bertz CT molecular complexity index is 311. The summed E-state index contributed by atoms with van der Waals surface area (Å²) in [7, 11) is 0. The maximum atomic E-state index is 12.3. The molecule has 0 bridgehead atoms. The first kappa shape index (κ1) is 15.0. The molecular formula is C14H26N2O2. The Morgan fingerprint density at radius 3 is 2.22 bits per heavy atom. The Morgan fingerprint density at radius 1 is 1.22 bits per heavy atom. The van der Waals surface area contributed by atoms with E-state index in [1.165, 1.54) is 0 Å². The number of amides is 2. The van der Waals surface area contributed by atoms with Crippen LogP contribution in [0.1, 0.15) is 53.9 Å². The highest BCUT2D eigenvalue weighted by Crippen LogP contribution is 2.22. The summed E-state index contributed by atoms with van der Waals surface area (Å²) in [6.07, 6.45) is 2.54. The fraction of sp³-hybridized carbons (Fsp3) is 0.857. The van der Waals surface area contributed by atoms with Crippen LogP contribution in [0.25, 0.3) is 0 Å². The van der Waals surface area contributed by atoms with Crippen LogP contribution < -0.4 is 5.32 Å². The van der Waals surface area contributed by atoms with Gasteiger partial charge in [0.15, 0.2) is 0 Å². The molecule has 0 saturated carbocycles. The van der Waals surface area contributed by atoms with E-state index in [9.17, 15) is 9.59 Å². The molecule has 4 heteroatoms.